The van der Waals surface area contributed by atoms with Crippen molar-refractivity contribution in [2.24, 2.45) is 0 Å². The largest absolute Gasteiger partial charge is 0.413 e. The van der Waals surface area contributed by atoms with Gasteiger partial charge in [-0.1, -0.05) is 36.4 Å². The van der Waals surface area contributed by atoms with Crippen LogP contribution in [0, 0.1) is 12.3 Å². The molecule has 0 spiro atoms. The number of benzene rings is 1. The molecule has 2 rings (SSSR count). The van der Waals surface area contributed by atoms with E-state index in [-0.39, 0.29) is 11.1 Å². The highest BCUT2D eigenvalue weighted by atomic mass is 19.4. The zero-order valence-electron chi connectivity index (χ0n) is 10.3. The van der Waals surface area contributed by atoms with Gasteiger partial charge < -0.3 is 4.57 Å². The van der Waals surface area contributed by atoms with Crippen molar-refractivity contribution in [3.05, 3.63) is 65.3 Å². The molecular formula is C14H13F3N2. The lowest BCUT2D eigenvalue weighted by molar-refractivity contribution is -0.157. The highest BCUT2D eigenvalue weighted by Gasteiger charge is 2.42. The molecule has 5 heteroatoms. The Bertz CT molecular complexity index is 615. The van der Waals surface area contributed by atoms with E-state index in [0.717, 1.165) is 4.57 Å². The van der Waals surface area contributed by atoms with Crippen molar-refractivity contribution in [2.75, 3.05) is 0 Å². The van der Waals surface area contributed by atoms with Gasteiger partial charge in [0.15, 0.2) is 6.04 Å². The van der Waals surface area contributed by atoms with E-state index < -0.39 is 12.2 Å². The summed E-state index contributed by atoms with van der Waals surface area (Å²) in [7, 11) is 0. The van der Waals surface area contributed by atoms with E-state index in [9.17, 15) is 13.2 Å². The Labute approximate surface area is 108 Å². The van der Waals surface area contributed by atoms with Crippen molar-refractivity contribution < 1.29 is 13.2 Å². The third-order valence-electron chi connectivity index (χ3n) is 2.83. The van der Waals surface area contributed by atoms with Gasteiger partial charge in [0.05, 0.1) is 0 Å². The van der Waals surface area contributed by atoms with Crippen molar-refractivity contribution in [3.8, 4) is 0 Å². The summed E-state index contributed by atoms with van der Waals surface area (Å²) in [6, 6.07) is 8.80. The van der Waals surface area contributed by atoms with Crippen LogP contribution in [0.4, 0.5) is 13.2 Å². The molecule has 1 heterocycles. The zero-order chi connectivity index (χ0) is 14.0. The fourth-order valence-electron chi connectivity index (χ4n) is 1.98. The number of halogens is 3. The van der Waals surface area contributed by atoms with Crippen molar-refractivity contribution in [1.29, 1.82) is 5.41 Å². The summed E-state index contributed by atoms with van der Waals surface area (Å²) in [6.07, 6.45) is -3.09. The zero-order valence-corrected chi connectivity index (χ0v) is 10.3. The number of rotatable bonds is 2. The molecule has 1 N–H and O–H groups in total. The predicted octanol–water partition coefficient (Wildman–Crippen LogP) is 3.43. The van der Waals surface area contributed by atoms with Gasteiger partial charge in [0.2, 0.25) is 0 Å². The Morgan fingerprint density at radius 1 is 1.05 bits per heavy atom. The number of alkyl halides is 3. The minimum absolute atomic E-state index is 0.124. The molecule has 0 radical (unpaired) electrons. The SMILES string of the molecule is Cc1ccc(=N)n(C(c2ccccc2)C(F)(F)F)c1. The van der Waals surface area contributed by atoms with Crippen molar-refractivity contribution in [2.45, 2.75) is 19.1 Å². The first-order valence-electron chi connectivity index (χ1n) is 5.74. The standard InChI is InChI=1S/C14H13F3N2/c1-10-7-8-12(18)19(9-10)13(14(15,16)17)11-5-3-2-4-6-11/h2-9,13,18H,1H3. The highest BCUT2D eigenvalue weighted by Crippen LogP contribution is 2.35. The second kappa shape index (κ2) is 4.91. The van der Waals surface area contributed by atoms with Crippen LogP contribution in [-0.2, 0) is 0 Å². The fraction of sp³-hybridized carbons (Fsp3) is 0.214. The molecule has 19 heavy (non-hydrogen) atoms. The van der Waals surface area contributed by atoms with Gasteiger partial charge in [-0.15, -0.1) is 0 Å². The predicted molar refractivity (Wildman–Crippen MR) is 65.7 cm³/mol. The van der Waals surface area contributed by atoms with Gasteiger partial charge in [-0.2, -0.15) is 13.2 Å². The summed E-state index contributed by atoms with van der Waals surface area (Å²) in [6.45, 7) is 1.70. The Kier molecular flexibility index (Phi) is 3.46. The van der Waals surface area contributed by atoms with Gasteiger partial charge in [0.1, 0.15) is 5.49 Å². The van der Waals surface area contributed by atoms with Crippen LogP contribution < -0.4 is 5.49 Å². The minimum Gasteiger partial charge on any atom is -0.317 e. The molecule has 0 bridgehead atoms. The maximum absolute atomic E-state index is 13.3. The third kappa shape index (κ3) is 2.86. The van der Waals surface area contributed by atoms with Gasteiger partial charge in [0.25, 0.3) is 0 Å². The van der Waals surface area contributed by atoms with Crippen LogP contribution in [0.15, 0.2) is 48.7 Å². The molecule has 0 aliphatic carbocycles. The molecule has 0 saturated carbocycles. The molecule has 2 nitrogen and oxygen atoms in total. The first-order valence-corrected chi connectivity index (χ1v) is 5.74. The fourth-order valence-corrected chi connectivity index (χ4v) is 1.98. The van der Waals surface area contributed by atoms with Crippen LogP contribution in [0.3, 0.4) is 0 Å². The number of pyridine rings is 1. The van der Waals surface area contributed by atoms with Crippen LogP contribution in [-0.4, -0.2) is 10.7 Å². The highest BCUT2D eigenvalue weighted by molar-refractivity contribution is 5.22. The van der Waals surface area contributed by atoms with E-state index in [0.29, 0.717) is 5.56 Å². The summed E-state index contributed by atoms with van der Waals surface area (Å²) >= 11 is 0. The minimum atomic E-state index is -4.45. The van der Waals surface area contributed by atoms with Crippen molar-refractivity contribution in [3.63, 3.8) is 0 Å². The Morgan fingerprint density at radius 2 is 1.68 bits per heavy atom. The van der Waals surface area contributed by atoms with Gasteiger partial charge in [-0.3, -0.25) is 5.41 Å². The molecule has 1 aromatic heterocycles. The second-order valence-corrected chi connectivity index (χ2v) is 4.35. The van der Waals surface area contributed by atoms with Crippen LogP contribution in [0.25, 0.3) is 0 Å². The van der Waals surface area contributed by atoms with Crippen LogP contribution in [0.5, 0.6) is 0 Å². The summed E-state index contributed by atoms with van der Waals surface area (Å²) in [5.41, 5.74) is 0.636. The lowest BCUT2D eigenvalue weighted by Crippen LogP contribution is -2.34. The number of aryl methyl sites for hydroxylation is 1. The van der Waals surface area contributed by atoms with Crippen molar-refractivity contribution in [1.82, 2.24) is 4.57 Å². The van der Waals surface area contributed by atoms with Crippen LogP contribution >= 0.6 is 0 Å². The van der Waals surface area contributed by atoms with Gasteiger partial charge >= 0.3 is 6.18 Å². The molecule has 0 amide bonds. The third-order valence-corrected chi connectivity index (χ3v) is 2.83. The average molecular weight is 266 g/mol. The number of hydrogen-bond acceptors (Lipinski definition) is 1. The van der Waals surface area contributed by atoms with Gasteiger partial charge in [-0.25, -0.2) is 0 Å². The molecule has 1 aromatic carbocycles. The van der Waals surface area contributed by atoms with E-state index in [1.807, 2.05) is 0 Å². The Morgan fingerprint density at radius 3 is 2.26 bits per heavy atom. The van der Waals surface area contributed by atoms with E-state index in [4.69, 9.17) is 5.41 Å². The number of nitrogens with zero attached hydrogens (tertiary/aromatic N) is 1. The molecule has 0 fully saturated rings. The number of aromatic nitrogens is 1. The number of nitrogens with one attached hydrogen (secondary N) is 1. The normalized spacial score (nSPS) is 13.3. The molecule has 0 saturated heterocycles. The quantitative estimate of drug-likeness (QED) is 0.863. The number of hydrogen-bond donors (Lipinski definition) is 1. The smallest absolute Gasteiger partial charge is 0.317 e. The summed E-state index contributed by atoms with van der Waals surface area (Å²) in [5, 5.41) is 7.69. The van der Waals surface area contributed by atoms with Gasteiger partial charge in [0, 0.05) is 6.20 Å². The van der Waals surface area contributed by atoms with E-state index in [2.05, 4.69) is 0 Å². The summed E-state index contributed by atoms with van der Waals surface area (Å²) in [4.78, 5) is 0. The van der Waals surface area contributed by atoms with E-state index >= 15 is 0 Å². The van der Waals surface area contributed by atoms with Crippen LogP contribution in [0.1, 0.15) is 17.2 Å². The summed E-state index contributed by atoms with van der Waals surface area (Å²) in [5.74, 6) is 0. The van der Waals surface area contributed by atoms with Crippen LogP contribution in [0.2, 0.25) is 0 Å². The molecule has 100 valence electrons. The maximum atomic E-state index is 13.3. The lowest BCUT2D eigenvalue weighted by Gasteiger charge is -2.24. The van der Waals surface area contributed by atoms with E-state index in [1.54, 1.807) is 31.2 Å². The first kappa shape index (κ1) is 13.4. The second-order valence-electron chi connectivity index (χ2n) is 4.35. The molecule has 2 aromatic rings. The molecule has 1 unspecified atom stereocenters. The molecule has 1 atom stereocenters. The lowest BCUT2D eigenvalue weighted by atomic mass is 10.1. The molecule has 0 aliphatic rings. The molecule has 0 aliphatic heterocycles. The Hall–Kier alpha value is -2.04. The summed E-state index contributed by atoms with van der Waals surface area (Å²) < 4.78 is 40.8. The Balaban J connectivity index is 2.63. The van der Waals surface area contributed by atoms with Gasteiger partial charge in [-0.05, 0) is 24.1 Å². The average Bonchev–Trinajstić information content (AvgIpc) is 2.33. The topological polar surface area (TPSA) is 28.8 Å². The first-order chi connectivity index (χ1) is 8.89. The maximum Gasteiger partial charge on any atom is 0.413 e. The van der Waals surface area contributed by atoms with Crippen molar-refractivity contribution >= 4 is 0 Å². The molecular weight excluding hydrogens is 253 g/mol. The van der Waals surface area contributed by atoms with E-state index in [1.165, 1.54) is 24.4 Å². The monoisotopic (exact) mass is 266 g/mol.